The largest absolute Gasteiger partial charge is 0.393 e. The summed E-state index contributed by atoms with van der Waals surface area (Å²) in [6, 6.07) is 0.378. The van der Waals surface area contributed by atoms with Crippen molar-refractivity contribution in [1.82, 2.24) is 16.0 Å². The lowest BCUT2D eigenvalue weighted by atomic mass is 9.89. The van der Waals surface area contributed by atoms with Crippen LogP contribution in [0.3, 0.4) is 0 Å². The van der Waals surface area contributed by atoms with Crippen LogP contribution in [-0.4, -0.2) is 48.8 Å². The van der Waals surface area contributed by atoms with Crippen molar-refractivity contribution in [2.24, 2.45) is 10.9 Å². The summed E-state index contributed by atoms with van der Waals surface area (Å²) in [6.07, 6.45) is 9.22. The SMILES string of the molecule is CCNC(=NCCNC(=O)C1CCCCC1)NC1CCC(O)CC1.I. The summed E-state index contributed by atoms with van der Waals surface area (Å²) in [5.41, 5.74) is 0. The topological polar surface area (TPSA) is 85.8 Å². The zero-order chi connectivity index (χ0) is 17.2. The lowest BCUT2D eigenvalue weighted by Gasteiger charge is -2.27. The Morgan fingerprint density at radius 1 is 1.04 bits per heavy atom. The van der Waals surface area contributed by atoms with Gasteiger partial charge in [-0.05, 0) is 45.4 Å². The van der Waals surface area contributed by atoms with E-state index >= 15 is 0 Å². The van der Waals surface area contributed by atoms with E-state index in [-0.39, 0.29) is 41.9 Å². The Bertz CT molecular complexity index is 406. The first-order chi connectivity index (χ1) is 11.7. The summed E-state index contributed by atoms with van der Waals surface area (Å²) in [6.45, 7) is 4.04. The first-order valence-electron chi connectivity index (χ1n) is 9.69. The normalized spacial score (nSPS) is 25.0. The van der Waals surface area contributed by atoms with E-state index < -0.39 is 0 Å². The minimum atomic E-state index is -0.141. The minimum absolute atomic E-state index is 0. The number of hydrogen-bond donors (Lipinski definition) is 4. The number of nitrogens with zero attached hydrogens (tertiary/aromatic N) is 1. The van der Waals surface area contributed by atoms with Gasteiger partial charge in [0.2, 0.25) is 5.91 Å². The van der Waals surface area contributed by atoms with Crippen LogP contribution in [0.2, 0.25) is 0 Å². The van der Waals surface area contributed by atoms with Crippen LogP contribution >= 0.6 is 24.0 Å². The summed E-state index contributed by atoms with van der Waals surface area (Å²) in [4.78, 5) is 16.7. The summed E-state index contributed by atoms with van der Waals surface area (Å²) in [7, 11) is 0. The lowest BCUT2D eigenvalue weighted by Crippen LogP contribution is -2.45. The quantitative estimate of drug-likeness (QED) is 0.209. The van der Waals surface area contributed by atoms with Crippen LogP contribution in [0.4, 0.5) is 0 Å². The second-order valence-corrected chi connectivity index (χ2v) is 7.04. The molecule has 0 atom stereocenters. The van der Waals surface area contributed by atoms with Crippen molar-refractivity contribution in [3.63, 3.8) is 0 Å². The van der Waals surface area contributed by atoms with E-state index in [2.05, 4.69) is 20.9 Å². The molecule has 2 rings (SSSR count). The number of aliphatic hydroxyl groups is 1. The van der Waals surface area contributed by atoms with Crippen molar-refractivity contribution < 1.29 is 9.90 Å². The number of carbonyl (C=O) groups is 1. The van der Waals surface area contributed by atoms with Gasteiger partial charge in [0.15, 0.2) is 5.96 Å². The van der Waals surface area contributed by atoms with Crippen molar-refractivity contribution in [2.75, 3.05) is 19.6 Å². The van der Waals surface area contributed by atoms with E-state index in [1.54, 1.807) is 0 Å². The standard InChI is InChI=1S/C18H34N4O2.HI/c1-2-19-18(22-15-8-10-16(23)11-9-15)21-13-12-20-17(24)14-6-4-3-5-7-14;/h14-16,23H,2-13H2,1H3,(H,20,24)(H2,19,21,22);1H. The maximum atomic E-state index is 12.1. The van der Waals surface area contributed by atoms with E-state index in [0.29, 0.717) is 19.1 Å². The predicted molar refractivity (Wildman–Crippen MR) is 112 cm³/mol. The molecule has 2 aliphatic rings. The fourth-order valence-electron chi connectivity index (χ4n) is 3.59. The third-order valence-corrected chi connectivity index (χ3v) is 5.04. The number of amides is 1. The number of aliphatic hydroxyl groups excluding tert-OH is 1. The highest BCUT2D eigenvalue weighted by molar-refractivity contribution is 14.0. The van der Waals surface area contributed by atoms with E-state index in [0.717, 1.165) is 51.0 Å². The van der Waals surface area contributed by atoms with Gasteiger partial charge in [0.25, 0.3) is 0 Å². The Labute approximate surface area is 169 Å². The molecule has 2 saturated carbocycles. The maximum absolute atomic E-state index is 12.1. The van der Waals surface area contributed by atoms with Crippen LogP contribution in [0.25, 0.3) is 0 Å². The molecule has 1 amide bonds. The van der Waals surface area contributed by atoms with Crippen LogP contribution in [-0.2, 0) is 4.79 Å². The monoisotopic (exact) mass is 466 g/mol. The fourth-order valence-corrected chi connectivity index (χ4v) is 3.59. The molecular formula is C18H35IN4O2. The molecular weight excluding hydrogens is 431 g/mol. The zero-order valence-corrected chi connectivity index (χ0v) is 17.8. The van der Waals surface area contributed by atoms with Gasteiger partial charge in [-0.2, -0.15) is 0 Å². The smallest absolute Gasteiger partial charge is 0.223 e. The van der Waals surface area contributed by atoms with Gasteiger partial charge in [-0.15, -0.1) is 24.0 Å². The van der Waals surface area contributed by atoms with Crippen LogP contribution in [0.5, 0.6) is 0 Å². The summed E-state index contributed by atoms with van der Waals surface area (Å²) < 4.78 is 0. The molecule has 0 radical (unpaired) electrons. The summed E-state index contributed by atoms with van der Waals surface area (Å²) >= 11 is 0. The Kier molecular flexibility index (Phi) is 11.4. The molecule has 0 unspecified atom stereocenters. The number of nitrogens with one attached hydrogen (secondary N) is 3. The molecule has 0 aliphatic heterocycles. The van der Waals surface area contributed by atoms with Crippen molar-refractivity contribution in [1.29, 1.82) is 0 Å². The Morgan fingerprint density at radius 2 is 1.72 bits per heavy atom. The average Bonchev–Trinajstić information content (AvgIpc) is 2.61. The minimum Gasteiger partial charge on any atom is -0.393 e. The molecule has 2 aliphatic carbocycles. The van der Waals surface area contributed by atoms with E-state index in [1.165, 1.54) is 19.3 Å². The third-order valence-electron chi connectivity index (χ3n) is 5.04. The van der Waals surface area contributed by atoms with Gasteiger partial charge in [-0.3, -0.25) is 9.79 Å². The number of carbonyl (C=O) groups excluding carboxylic acids is 1. The second kappa shape index (κ2) is 12.7. The fraction of sp³-hybridized carbons (Fsp3) is 0.889. The first kappa shape index (κ1) is 22.5. The molecule has 0 saturated heterocycles. The van der Waals surface area contributed by atoms with Crippen molar-refractivity contribution in [3.05, 3.63) is 0 Å². The molecule has 0 spiro atoms. The average molecular weight is 466 g/mol. The maximum Gasteiger partial charge on any atom is 0.223 e. The first-order valence-corrected chi connectivity index (χ1v) is 9.69. The molecule has 0 bridgehead atoms. The number of guanidine groups is 1. The third kappa shape index (κ3) is 8.57. The van der Waals surface area contributed by atoms with Gasteiger partial charge in [-0.25, -0.2) is 0 Å². The van der Waals surface area contributed by atoms with E-state index in [1.807, 2.05) is 6.92 Å². The van der Waals surface area contributed by atoms with Gasteiger partial charge in [0.1, 0.15) is 0 Å². The van der Waals surface area contributed by atoms with Gasteiger partial charge >= 0.3 is 0 Å². The number of hydrogen-bond acceptors (Lipinski definition) is 3. The van der Waals surface area contributed by atoms with E-state index in [4.69, 9.17) is 0 Å². The van der Waals surface area contributed by atoms with E-state index in [9.17, 15) is 9.90 Å². The molecule has 2 fully saturated rings. The Morgan fingerprint density at radius 3 is 2.36 bits per heavy atom. The highest BCUT2D eigenvalue weighted by atomic mass is 127. The molecule has 0 aromatic heterocycles. The lowest BCUT2D eigenvalue weighted by molar-refractivity contribution is -0.125. The Hall–Kier alpha value is -0.570. The molecule has 4 N–H and O–H groups in total. The zero-order valence-electron chi connectivity index (χ0n) is 15.4. The molecule has 146 valence electrons. The van der Waals surface area contributed by atoms with Crippen LogP contribution < -0.4 is 16.0 Å². The van der Waals surface area contributed by atoms with Crippen molar-refractivity contribution >= 4 is 35.8 Å². The molecule has 25 heavy (non-hydrogen) atoms. The van der Waals surface area contributed by atoms with Gasteiger partial charge in [-0.1, -0.05) is 19.3 Å². The van der Waals surface area contributed by atoms with Gasteiger partial charge < -0.3 is 21.1 Å². The second-order valence-electron chi connectivity index (χ2n) is 7.04. The number of aliphatic imine (C=N–C) groups is 1. The molecule has 0 heterocycles. The van der Waals surface area contributed by atoms with Crippen LogP contribution in [0.15, 0.2) is 4.99 Å². The molecule has 6 nitrogen and oxygen atoms in total. The van der Waals surface area contributed by atoms with Crippen molar-refractivity contribution in [2.45, 2.75) is 76.9 Å². The highest BCUT2D eigenvalue weighted by Gasteiger charge is 2.21. The number of rotatable bonds is 6. The Balaban J connectivity index is 0.00000312. The molecule has 7 heteroatoms. The van der Waals surface area contributed by atoms with Crippen molar-refractivity contribution in [3.8, 4) is 0 Å². The molecule has 0 aromatic carbocycles. The van der Waals surface area contributed by atoms with Crippen LogP contribution in [0, 0.1) is 5.92 Å². The van der Waals surface area contributed by atoms with Gasteiger partial charge in [0.05, 0.1) is 12.6 Å². The summed E-state index contributed by atoms with van der Waals surface area (Å²) in [5, 5.41) is 19.3. The predicted octanol–water partition coefficient (Wildman–Crippen LogP) is 2.16. The summed E-state index contributed by atoms with van der Waals surface area (Å²) in [5.74, 6) is 1.22. The highest BCUT2D eigenvalue weighted by Crippen LogP contribution is 2.23. The van der Waals surface area contributed by atoms with Crippen LogP contribution in [0.1, 0.15) is 64.7 Å². The number of halogens is 1. The van der Waals surface area contributed by atoms with Gasteiger partial charge in [0, 0.05) is 25.0 Å². The molecule has 0 aromatic rings.